The van der Waals surface area contributed by atoms with Crippen LogP contribution in [0.1, 0.15) is 19.5 Å². The van der Waals surface area contributed by atoms with Crippen molar-refractivity contribution in [3.8, 4) is 11.1 Å². The molecule has 9 heteroatoms. The molecule has 3 heterocycles. The van der Waals surface area contributed by atoms with E-state index >= 15 is 0 Å². The lowest BCUT2D eigenvalue weighted by atomic mass is 10.1. The number of pyridine rings is 1. The third-order valence-electron chi connectivity index (χ3n) is 4.90. The van der Waals surface area contributed by atoms with Crippen LogP contribution in [0, 0.1) is 0 Å². The minimum atomic E-state index is -0.762. The Bertz CT molecular complexity index is 1260. The normalized spacial score (nSPS) is 12.2. The Labute approximate surface area is 171 Å². The molecular formula is C20H20ClN5O3. The van der Waals surface area contributed by atoms with Crippen LogP contribution in [0.4, 0.5) is 0 Å². The average Bonchev–Trinajstić information content (AvgIpc) is 3.07. The highest BCUT2D eigenvalue weighted by Gasteiger charge is 2.24. The van der Waals surface area contributed by atoms with Gasteiger partial charge >= 0.3 is 0 Å². The SMILES string of the molecule is COCc1nn2c(nnc3c(=O)n(C(C)(C)CO)ccc32)c1-c1ccc(Cl)cc1. The smallest absolute Gasteiger partial charge is 0.281 e. The highest BCUT2D eigenvalue weighted by atomic mass is 35.5. The number of aliphatic hydroxyl groups is 1. The third kappa shape index (κ3) is 3.19. The molecule has 0 unspecified atom stereocenters. The Hall–Kier alpha value is -2.81. The van der Waals surface area contributed by atoms with Crippen LogP contribution in [0.3, 0.4) is 0 Å². The molecule has 0 aliphatic rings. The molecule has 0 aliphatic heterocycles. The summed E-state index contributed by atoms with van der Waals surface area (Å²) in [6, 6.07) is 9.10. The molecule has 4 aromatic rings. The molecule has 29 heavy (non-hydrogen) atoms. The average molecular weight is 414 g/mol. The van der Waals surface area contributed by atoms with Gasteiger partial charge in [-0.05, 0) is 37.6 Å². The molecule has 0 spiro atoms. The second kappa shape index (κ2) is 7.22. The summed E-state index contributed by atoms with van der Waals surface area (Å²) in [6.07, 6.45) is 1.64. The third-order valence-corrected chi connectivity index (χ3v) is 5.16. The lowest BCUT2D eigenvalue weighted by Gasteiger charge is -2.24. The van der Waals surface area contributed by atoms with E-state index in [-0.39, 0.29) is 24.3 Å². The molecular weight excluding hydrogens is 394 g/mol. The van der Waals surface area contributed by atoms with E-state index in [2.05, 4.69) is 15.3 Å². The van der Waals surface area contributed by atoms with Gasteiger partial charge in [0.25, 0.3) is 5.56 Å². The highest BCUT2D eigenvalue weighted by Crippen LogP contribution is 2.30. The molecule has 0 atom stereocenters. The number of hydrogen-bond donors (Lipinski definition) is 1. The maximum atomic E-state index is 13.0. The molecule has 0 fully saturated rings. The number of hydrogen-bond acceptors (Lipinski definition) is 6. The van der Waals surface area contributed by atoms with Crippen molar-refractivity contribution < 1.29 is 9.84 Å². The van der Waals surface area contributed by atoms with Crippen LogP contribution >= 0.6 is 11.6 Å². The molecule has 0 saturated carbocycles. The molecule has 8 nitrogen and oxygen atoms in total. The largest absolute Gasteiger partial charge is 0.394 e. The second-order valence-corrected chi connectivity index (χ2v) is 7.83. The van der Waals surface area contributed by atoms with Crippen molar-refractivity contribution in [3.05, 3.63) is 57.6 Å². The zero-order valence-corrected chi connectivity index (χ0v) is 17.0. The van der Waals surface area contributed by atoms with Gasteiger partial charge in [-0.3, -0.25) is 4.79 Å². The minimum Gasteiger partial charge on any atom is -0.394 e. The van der Waals surface area contributed by atoms with E-state index < -0.39 is 5.54 Å². The molecule has 0 aliphatic carbocycles. The van der Waals surface area contributed by atoms with Gasteiger partial charge in [0.15, 0.2) is 11.2 Å². The Morgan fingerprint density at radius 3 is 2.55 bits per heavy atom. The van der Waals surface area contributed by atoms with Gasteiger partial charge in [-0.1, -0.05) is 23.7 Å². The van der Waals surface area contributed by atoms with Crippen molar-refractivity contribution in [3.63, 3.8) is 0 Å². The summed E-state index contributed by atoms with van der Waals surface area (Å²) in [4.78, 5) is 13.0. The molecule has 1 N–H and O–H groups in total. The van der Waals surface area contributed by atoms with E-state index in [4.69, 9.17) is 16.3 Å². The topological polar surface area (TPSA) is 94.5 Å². The first kappa shape index (κ1) is 19.5. The van der Waals surface area contributed by atoms with Crippen molar-refractivity contribution in [1.82, 2.24) is 24.4 Å². The van der Waals surface area contributed by atoms with E-state index in [1.807, 2.05) is 12.1 Å². The number of rotatable bonds is 5. The van der Waals surface area contributed by atoms with Crippen LogP contribution in [0.5, 0.6) is 0 Å². The second-order valence-electron chi connectivity index (χ2n) is 7.39. The molecule has 3 aromatic heterocycles. The number of halogens is 1. The maximum absolute atomic E-state index is 13.0. The fraction of sp³-hybridized carbons (Fsp3) is 0.300. The van der Waals surface area contributed by atoms with E-state index in [1.54, 1.807) is 49.9 Å². The monoisotopic (exact) mass is 413 g/mol. The first-order valence-corrected chi connectivity index (χ1v) is 9.41. The number of nitrogens with zero attached hydrogens (tertiary/aromatic N) is 5. The summed E-state index contributed by atoms with van der Waals surface area (Å²) in [7, 11) is 1.59. The first-order chi connectivity index (χ1) is 13.9. The highest BCUT2D eigenvalue weighted by molar-refractivity contribution is 6.30. The fourth-order valence-electron chi connectivity index (χ4n) is 3.29. The van der Waals surface area contributed by atoms with Gasteiger partial charge < -0.3 is 14.4 Å². The first-order valence-electron chi connectivity index (χ1n) is 9.03. The van der Waals surface area contributed by atoms with E-state index in [9.17, 15) is 9.90 Å². The Kier molecular flexibility index (Phi) is 4.85. The van der Waals surface area contributed by atoms with Crippen molar-refractivity contribution in [2.75, 3.05) is 13.7 Å². The Morgan fingerprint density at radius 2 is 1.90 bits per heavy atom. The number of methoxy groups -OCH3 is 1. The van der Waals surface area contributed by atoms with E-state index in [1.165, 1.54) is 4.57 Å². The lowest BCUT2D eigenvalue weighted by Crippen LogP contribution is -2.39. The molecule has 1 aromatic carbocycles. The zero-order chi connectivity index (χ0) is 20.8. The van der Waals surface area contributed by atoms with Gasteiger partial charge in [-0.15, -0.1) is 10.2 Å². The number of aromatic nitrogens is 5. The quantitative estimate of drug-likeness (QED) is 0.540. The van der Waals surface area contributed by atoms with Crippen LogP contribution in [-0.4, -0.2) is 43.2 Å². The van der Waals surface area contributed by atoms with Gasteiger partial charge in [0, 0.05) is 18.3 Å². The lowest BCUT2D eigenvalue weighted by molar-refractivity contribution is 0.161. The zero-order valence-electron chi connectivity index (χ0n) is 16.3. The molecule has 0 bridgehead atoms. The summed E-state index contributed by atoms with van der Waals surface area (Å²) in [5.74, 6) is 0. The van der Waals surface area contributed by atoms with Crippen LogP contribution in [0.2, 0.25) is 5.02 Å². The fourth-order valence-corrected chi connectivity index (χ4v) is 3.42. The summed E-state index contributed by atoms with van der Waals surface area (Å²) < 4.78 is 8.38. The van der Waals surface area contributed by atoms with E-state index in [0.717, 1.165) is 11.1 Å². The molecule has 150 valence electrons. The molecule has 4 rings (SSSR count). The van der Waals surface area contributed by atoms with Crippen molar-refractivity contribution in [1.29, 1.82) is 0 Å². The molecule has 0 radical (unpaired) electrons. The maximum Gasteiger partial charge on any atom is 0.281 e. The minimum absolute atomic E-state index is 0.177. The van der Waals surface area contributed by atoms with Crippen molar-refractivity contribution in [2.24, 2.45) is 0 Å². The summed E-state index contributed by atoms with van der Waals surface area (Å²) in [5.41, 5.74) is 2.45. The van der Waals surface area contributed by atoms with Crippen LogP contribution in [0.25, 0.3) is 27.8 Å². The van der Waals surface area contributed by atoms with Gasteiger partial charge in [0.2, 0.25) is 0 Å². The summed E-state index contributed by atoms with van der Waals surface area (Å²) >= 11 is 6.02. The number of ether oxygens (including phenoxy) is 1. The number of benzene rings is 1. The molecule has 0 amide bonds. The van der Waals surface area contributed by atoms with Gasteiger partial charge in [0.1, 0.15) is 5.52 Å². The predicted molar refractivity (Wildman–Crippen MR) is 110 cm³/mol. The van der Waals surface area contributed by atoms with E-state index in [0.29, 0.717) is 21.9 Å². The Balaban J connectivity index is 2.02. The van der Waals surface area contributed by atoms with Gasteiger partial charge in [0.05, 0.1) is 30.0 Å². The number of fused-ring (bicyclic) bond motifs is 3. The van der Waals surface area contributed by atoms with Gasteiger partial charge in [-0.25, -0.2) is 4.52 Å². The number of aliphatic hydroxyl groups excluding tert-OH is 1. The molecule has 0 saturated heterocycles. The summed E-state index contributed by atoms with van der Waals surface area (Å²) in [6.45, 7) is 3.64. The van der Waals surface area contributed by atoms with Crippen LogP contribution in [0.15, 0.2) is 41.3 Å². The van der Waals surface area contributed by atoms with Crippen molar-refractivity contribution >= 4 is 28.3 Å². The summed E-state index contributed by atoms with van der Waals surface area (Å²) in [5, 5.41) is 23.4. The Morgan fingerprint density at radius 1 is 1.17 bits per heavy atom. The predicted octanol–water partition coefficient (Wildman–Crippen LogP) is 2.63. The standard InChI is InChI=1S/C20H20ClN5O3/c1-20(2,11-27)25-9-8-15-17(19(25)28)22-23-18-16(12-4-6-13(21)7-5-12)14(10-29-3)24-26(15)18/h4-9,27H,10-11H2,1-3H3. The van der Waals surface area contributed by atoms with Crippen LogP contribution < -0.4 is 5.56 Å². The van der Waals surface area contributed by atoms with Crippen LogP contribution in [-0.2, 0) is 16.9 Å². The van der Waals surface area contributed by atoms with Crippen molar-refractivity contribution in [2.45, 2.75) is 26.0 Å². The van der Waals surface area contributed by atoms with Gasteiger partial charge in [-0.2, -0.15) is 5.10 Å².